The van der Waals surface area contributed by atoms with E-state index in [9.17, 15) is 9.50 Å². The van der Waals surface area contributed by atoms with E-state index in [1.54, 1.807) is 25.1 Å². The first-order valence-corrected chi connectivity index (χ1v) is 5.57. The van der Waals surface area contributed by atoms with Crippen molar-refractivity contribution >= 4 is 0 Å². The Morgan fingerprint density at radius 3 is 2.06 bits per heavy atom. The molecule has 0 spiro atoms. The van der Waals surface area contributed by atoms with Crippen LogP contribution < -0.4 is 0 Å². The molecule has 1 atom stereocenters. The van der Waals surface area contributed by atoms with Crippen LogP contribution in [0.25, 0.3) is 0 Å². The van der Waals surface area contributed by atoms with Crippen molar-refractivity contribution in [1.29, 1.82) is 0 Å². The highest BCUT2D eigenvalue weighted by Crippen LogP contribution is 2.32. The molecule has 0 amide bonds. The highest BCUT2D eigenvalue weighted by molar-refractivity contribution is 5.40. The molecule has 2 heteroatoms. The van der Waals surface area contributed by atoms with E-state index in [-0.39, 0.29) is 5.82 Å². The van der Waals surface area contributed by atoms with Crippen molar-refractivity contribution in [3.05, 3.63) is 71.0 Å². The summed E-state index contributed by atoms with van der Waals surface area (Å²) in [5.74, 6) is -0.388. The highest BCUT2D eigenvalue weighted by Gasteiger charge is 2.29. The van der Waals surface area contributed by atoms with E-state index in [1.165, 1.54) is 6.07 Å². The fourth-order valence-corrected chi connectivity index (χ4v) is 2.12. The fourth-order valence-electron chi connectivity index (χ4n) is 2.12. The van der Waals surface area contributed by atoms with E-state index < -0.39 is 5.60 Å². The summed E-state index contributed by atoms with van der Waals surface area (Å²) in [6.45, 7) is 3.53. The number of rotatable bonds is 2. The van der Waals surface area contributed by atoms with Gasteiger partial charge in [-0.1, -0.05) is 42.5 Å². The van der Waals surface area contributed by atoms with Crippen molar-refractivity contribution in [3.63, 3.8) is 0 Å². The molecule has 0 aliphatic carbocycles. The first-order valence-electron chi connectivity index (χ1n) is 5.57. The normalized spacial score (nSPS) is 14.4. The van der Waals surface area contributed by atoms with Gasteiger partial charge in [0, 0.05) is 5.56 Å². The summed E-state index contributed by atoms with van der Waals surface area (Å²) >= 11 is 0. The monoisotopic (exact) mass is 230 g/mol. The zero-order chi connectivity index (χ0) is 12.5. The SMILES string of the molecule is Cc1ccccc1C(C)(O)c1ccccc1F. The summed E-state index contributed by atoms with van der Waals surface area (Å²) in [6, 6.07) is 13.8. The van der Waals surface area contributed by atoms with E-state index in [4.69, 9.17) is 0 Å². The number of aliphatic hydroxyl groups is 1. The summed E-state index contributed by atoms with van der Waals surface area (Å²) in [6.07, 6.45) is 0. The average Bonchev–Trinajstić information content (AvgIpc) is 2.29. The molecule has 0 radical (unpaired) electrons. The van der Waals surface area contributed by atoms with Crippen LogP contribution in [0.4, 0.5) is 4.39 Å². The lowest BCUT2D eigenvalue weighted by atomic mass is 9.85. The van der Waals surface area contributed by atoms with Crippen LogP contribution in [0.5, 0.6) is 0 Å². The molecular weight excluding hydrogens is 215 g/mol. The summed E-state index contributed by atoms with van der Waals surface area (Å²) in [7, 11) is 0. The van der Waals surface area contributed by atoms with E-state index in [2.05, 4.69) is 0 Å². The Labute approximate surface area is 101 Å². The summed E-state index contributed by atoms with van der Waals surface area (Å²) in [4.78, 5) is 0. The maximum Gasteiger partial charge on any atom is 0.129 e. The van der Waals surface area contributed by atoms with Crippen LogP contribution >= 0.6 is 0 Å². The van der Waals surface area contributed by atoms with Crippen LogP contribution in [-0.2, 0) is 5.60 Å². The Morgan fingerprint density at radius 1 is 0.941 bits per heavy atom. The van der Waals surface area contributed by atoms with E-state index in [0.29, 0.717) is 5.56 Å². The fraction of sp³-hybridized carbons (Fsp3) is 0.200. The number of halogens is 1. The highest BCUT2D eigenvalue weighted by atomic mass is 19.1. The van der Waals surface area contributed by atoms with Crippen molar-refractivity contribution < 1.29 is 9.50 Å². The number of aryl methyl sites for hydroxylation is 1. The van der Waals surface area contributed by atoms with Gasteiger partial charge < -0.3 is 5.11 Å². The molecule has 2 aromatic carbocycles. The molecule has 1 nitrogen and oxygen atoms in total. The Bertz CT molecular complexity index is 484. The van der Waals surface area contributed by atoms with Gasteiger partial charge in [0.1, 0.15) is 11.4 Å². The topological polar surface area (TPSA) is 20.2 Å². The molecule has 2 aromatic rings. The standard InChI is InChI=1S/C15H15FO/c1-11-7-3-4-8-12(11)15(2,17)13-9-5-6-10-14(13)16/h3-10,17H,1-2H3. The van der Waals surface area contributed by atoms with E-state index >= 15 is 0 Å². The van der Waals surface area contributed by atoms with Crippen LogP contribution in [0, 0.1) is 12.7 Å². The maximum absolute atomic E-state index is 13.7. The molecule has 2 rings (SSSR count). The van der Waals surface area contributed by atoms with Crippen LogP contribution in [0.15, 0.2) is 48.5 Å². The van der Waals surface area contributed by atoms with Gasteiger partial charge >= 0.3 is 0 Å². The molecule has 88 valence electrons. The number of hydrogen-bond donors (Lipinski definition) is 1. The van der Waals surface area contributed by atoms with Crippen molar-refractivity contribution in [2.45, 2.75) is 19.4 Å². The van der Waals surface area contributed by atoms with Gasteiger partial charge in [0.25, 0.3) is 0 Å². The quantitative estimate of drug-likeness (QED) is 0.838. The van der Waals surface area contributed by atoms with Crippen molar-refractivity contribution in [1.82, 2.24) is 0 Å². The molecule has 0 bridgehead atoms. The molecule has 0 saturated carbocycles. The second kappa shape index (κ2) is 4.30. The average molecular weight is 230 g/mol. The minimum atomic E-state index is -1.31. The van der Waals surface area contributed by atoms with Gasteiger partial charge in [-0.15, -0.1) is 0 Å². The zero-order valence-corrected chi connectivity index (χ0v) is 9.94. The molecule has 0 aromatic heterocycles. The van der Waals surface area contributed by atoms with Crippen LogP contribution in [0.1, 0.15) is 23.6 Å². The summed E-state index contributed by atoms with van der Waals surface area (Å²) in [5.41, 5.74) is 0.664. The van der Waals surface area contributed by atoms with E-state index in [0.717, 1.165) is 11.1 Å². The van der Waals surface area contributed by atoms with E-state index in [1.807, 2.05) is 31.2 Å². The first-order chi connectivity index (χ1) is 8.03. The maximum atomic E-state index is 13.7. The van der Waals surface area contributed by atoms with Gasteiger partial charge in [0.05, 0.1) is 0 Å². The molecule has 1 N–H and O–H groups in total. The largest absolute Gasteiger partial charge is 0.381 e. The molecule has 0 fully saturated rings. The number of benzene rings is 2. The summed E-state index contributed by atoms with van der Waals surface area (Å²) in [5, 5.41) is 10.6. The Balaban J connectivity index is 2.58. The number of hydrogen-bond acceptors (Lipinski definition) is 1. The third-order valence-corrected chi connectivity index (χ3v) is 3.07. The first kappa shape index (κ1) is 11.8. The summed E-state index contributed by atoms with van der Waals surface area (Å²) < 4.78 is 13.7. The van der Waals surface area contributed by atoms with Gasteiger partial charge in [-0.05, 0) is 31.0 Å². The third-order valence-electron chi connectivity index (χ3n) is 3.07. The molecule has 0 aliphatic heterocycles. The van der Waals surface area contributed by atoms with Gasteiger partial charge in [-0.2, -0.15) is 0 Å². The lowest BCUT2D eigenvalue weighted by molar-refractivity contribution is 0.0973. The molecule has 0 aliphatic rings. The van der Waals surface area contributed by atoms with Crippen molar-refractivity contribution in [3.8, 4) is 0 Å². The second-order valence-corrected chi connectivity index (χ2v) is 4.37. The molecule has 0 heterocycles. The van der Waals surface area contributed by atoms with Gasteiger partial charge in [-0.25, -0.2) is 4.39 Å². The Kier molecular flexibility index (Phi) is 2.99. The van der Waals surface area contributed by atoms with Crippen molar-refractivity contribution in [2.75, 3.05) is 0 Å². The van der Waals surface area contributed by atoms with Gasteiger partial charge in [-0.3, -0.25) is 0 Å². The minimum Gasteiger partial charge on any atom is -0.381 e. The zero-order valence-electron chi connectivity index (χ0n) is 9.94. The van der Waals surface area contributed by atoms with Gasteiger partial charge in [0.15, 0.2) is 0 Å². The molecule has 1 unspecified atom stereocenters. The minimum absolute atomic E-state index is 0.300. The predicted octanol–water partition coefficient (Wildman–Crippen LogP) is 3.39. The Morgan fingerprint density at radius 2 is 1.47 bits per heavy atom. The van der Waals surface area contributed by atoms with Crippen LogP contribution in [-0.4, -0.2) is 5.11 Å². The smallest absolute Gasteiger partial charge is 0.129 e. The van der Waals surface area contributed by atoms with Gasteiger partial charge in [0.2, 0.25) is 0 Å². The molecule has 17 heavy (non-hydrogen) atoms. The van der Waals surface area contributed by atoms with Crippen LogP contribution in [0.2, 0.25) is 0 Å². The lowest BCUT2D eigenvalue weighted by Crippen LogP contribution is -2.25. The molecular formula is C15H15FO. The van der Waals surface area contributed by atoms with Crippen molar-refractivity contribution in [2.24, 2.45) is 0 Å². The lowest BCUT2D eigenvalue weighted by Gasteiger charge is -2.26. The predicted molar refractivity (Wildman–Crippen MR) is 66.3 cm³/mol. The Hall–Kier alpha value is -1.67. The molecule has 0 saturated heterocycles. The van der Waals surface area contributed by atoms with Crippen LogP contribution in [0.3, 0.4) is 0 Å². The second-order valence-electron chi connectivity index (χ2n) is 4.37. The third kappa shape index (κ3) is 2.08.